The Morgan fingerprint density at radius 1 is 1.03 bits per heavy atom. The number of rotatable bonds is 17. The van der Waals surface area contributed by atoms with Gasteiger partial charge in [-0.1, -0.05) is 18.6 Å². The molecule has 306 valence electrons. The molecule has 3 aromatic rings. The lowest BCUT2D eigenvalue weighted by atomic mass is 10.1. The number of nitrogens with zero attached hydrogens (tertiary/aromatic N) is 5. The minimum absolute atomic E-state index is 0.00946. The third kappa shape index (κ3) is 11.8. The molecule has 0 radical (unpaired) electrons. The van der Waals surface area contributed by atoms with Crippen molar-refractivity contribution in [2.24, 2.45) is 5.10 Å². The number of nitrogens with one attached hydrogen (secondary N) is 3. The van der Waals surface area contributed by atoms with E-state index in [1.807, 2.05) is 0 Å². The SMILES string of the molecule is C/C(=N\NC(=O)c1ccc(NC(=O)CCCCCN2C(=O)C=CC2=O)cc1[N+](=O)[O-])c1ccc(C(=O)Nc2ccn([C@H]3C[C@@H](O)[C@@H](COP(=O)(O)I)O3)c(=O)n2)cc1. The lowest BCUT2D eigenvalue weighted by molar-refractivity contribution is -0.385. The lowest BCUT2D eigenvalue weighted by Gasteiger charge is -2.16. The van der Waals surface area contributed by atoms with Gasteiger partial charge in [0.25, 0.3) is 29.3 Å². The number of halogens is 1. The minimum atomic E-state index is -3.83. The van der Waals surface area contributed by atoms with Gasteiger partial charge in [0, 0.05) is 55.1 Å². The minimum Gasteiger partial charge on any atom is -0.390 e. The first-order valence-electron chi connectivity index (χ1n) is 17.5. The predicted molar refractivity (Wildman–Crippen MR) is 213 cm³/mol. The van der Waals surface area contributed by atoms with Gasteiger partial charge in [0.05, 0.1) is 45.4 Å². The van der Waals surface area contributed by atoms with Crippen LogP contribution < -0.4 is 21.7 Å². The molecule has 2 aliphatic heterocycles. The smallest absolute Gasteiger partial charge is 0.386 e. The van der Waals surface area contributed by atoms with Gasteiger partial charge in [-0.25, -0.2) is 14.8 Å². The summed E-state index contributed by atoms with van der Waals surface area (Å²) in [6, 6.07) is 10.9. The fourth-order valence-electron chi connectivity index (χ4n) is 5.77. The summed E-state index contributed by atoms with van der Waals surface area (Å²) in [5, 5.41) is 27.3. The molecule has 0 saturated carbocycles. The second kappa shape index (κ2) is 19.3. The number of hydrogen-bond donors (Lipinski definition) is 5. The van der Waals surface area contributed by atoms with Crippen LogP contribution in [0.3, 0.4) is 0 Å². The molecule has 3 heterocycles. The predicted octanol–water partition coefficient (Wildman–Crippen LogP) is 3.18. The molecule has 1 saturated heterocycles. The Balaban J connectivity index is 1.11. The van der Waals surface area contributed by atoms with Crippen molar-refractivity contribution in [2.75, 3.05) is 23.8 Å². The highest BCUT2D eigenvalue weighted by Gasteiger charge is 2.37. The fourth-order valence-corrected chi connectivity index (χ4v) is 6.59. The number of amides is 5. The Bertz CT molecular complexity index is 2260. The first kappa shape index (κ1) is 43.6. The zero-order valence-corrected chi connectivity index (χ0v) is 33.5. The molecule has 21 nitrogen and oxygen atoms in total. The number of ether oxygens (including phenoxy) is 1. The molecular weight excluding hydrogens is 898 g/mol. The highest BCUT2D eigenvalue weighted by Crippen LogP contribution is 2.51. The third-order valence-electron chi connectivity index (χ3n) is 8.78. The van der Waals surface area contributed by atoms with E-state index in [4.69, 9.17) is 9.26 Å². The molecule has 0 spiro atoms. The Hall–Kier alpha value is -5.52. The van der Waals surface area contributed by atoms with Crippen LogP contribution in [-0.4, -0.2) is 90.0 Å². The van der Waals surface area contributed by atoms with Crippen molar-refractivity contribution in [3.8, 4) is 0 Å². The number of aliphatic hydroxyl groups excluding tert-OH is 1. The number of aliphatic hydroxyl groups is 1. The van der Waals surface area contributed by atoms with Gasteiger partial charge in [0.1, 0.15) is 23.7 Å². The van der Waals surface area contributed by atoms with Crippen LogP contribution >= 0.6 is 27.3 Å². The summed E-state index contributed by atoms with van der Waals surface area (Å²) in [7, 11) is 0. The van der Waals surface area contributed by atoms with E-state index >= 15 is 0 Å². The topological polar surface area (TPSA) is 291 Å². The summed E-state index contributed by atoms with van der Waals surface area (Å²) in [5.41, 5.74) is 1.67. The molecule has 1 fully saturated rings. The molecule has 4 atom stereocenters. The number of benzene rings is 2. The number of carbonyl (C=O) groups excluding carboxylic acids is 5. The van der Waals surface area contributed by atoms with Crippen LogP contribution in [0.2, 0.25) is 0 Å². The van der Waals surface area contributed by atoms with Crippen molar-refractivity contribution in [3.05, 3.63) is 104 Å². The average molecular weight is 935 g/mol. The molecule has 0 aliphatic carbocycles. The number of nitro benzene ring substituents is 1. The molecule has 2 aliphatic rings. The van der Waals surface area contributed by atoms with Gasteiger partial charge < -0.3 is 25.4 Å². The second-order valence-electron chi connectivity index (χ2n) is 12.9. The van der Waals surface area contributed by atoms with Crippen LogP contribution in [0, 0.1) is 10.1 Å². The summed E-state index contributed by atoms with van der Waals surface area (Å²) in [5.74, 6) is -2.73. The van der Waals surface area contributed by atoms with Crippen LogP contribution in [-0.2, 0) is 28.2 Å². The quantitative estimate of drug-likeness (QED) is 0.0247. The number of hydrazone groups is 1. The molecule has 5 rings (SSSR count). The Morgan fingerprint density at radius 2 is 1.72 bits per heavy atom. The van der Waals surface area contributed by atoms with Crippen LogP contribution in [0.5, 0.6) is 0 Å². The van der Waals surface area contributed by atoms with E-state index in [2.05, 4.69) is 26.1 Å². The normalized spacial score (nSPS) is 18.9. The average Bonchev–Trinajstić information content (AvgIpc) is 3.71. The van der Waals surface area contributed by atoms with Crippen molar-refractivity contribution in [1.82, 2.24) is 19.9 Å². The van der Waals surface area contributed by atoms with Crippen molar-refractivity contribution >= 4 is 79.7 Å². The molecule has 1 aromatic heterocycles. The molecule has 23 heteroatoms. The van der Waals surface area contributed by atoms with E-state index in [1.54, 1.807) is 6.92 Å². The largest absolute Gasteiger partial charge is 0.390 e. The molecule has 0 bridgehead atoms. The first-order valence-corrected chi connectivity index (χ1v) is 21.8. The third-order valence-corrected chi connectivity index (χ3v) is 10.1. The van der Waals surface area contributed by atoms with Crippen molar-refractivity contribution in [1.29, 1.82) is 0 Å². The van der Waals surface area contributed by atoms with Crippen LogP contribution in [0.15, 0.2) is 76.8 Å². The number of anilines is 2. The monoisotopic (exact) mass is 934 g/mol. The molecule has 58 heavy (non-hydrogen) atoms. The van der Waals surface area contributed by atoms with Gasteiger partial charge in [0.2, 0.25) is 5.91 Å². The number of aromatic nitrogens is 2. The zero-order chi connectivity index (χ0) is 42.1. The Kier molecular flexibility index (Phi) is 14.5. The van der Waals surface area contributed by atoms with Crippen molar-refractivity contribution in [3.63, 3.8) is 0 Å². The maximum atomic E-state index is 12.9. The zero-order valence-electron chi connectivity index (χ0n) is 30.5. The molecule has 1 unspecified atom stereocenters. The van der Waals surface area contributed by atoms with E-state index in [-0.39, 0.29) is 60.4 Å². The van der Waals surface area contributed by atoms with E-state index in [9.17, 15) is 53.4 Å². The van der Waals surface area contributed by atoms with Gasteiger partial charge in [-0.2, -0.15) is 10.1 Å². The van der Waals surface area contributed by atoms with E-state index in [0.29, 0.717) is 30.5 Å². The summed E-state index contributed by atoms with van der Waals surface area (Å²) < 4.78 is 22.9. The molecule has 5 amide bonds. The maximum absolute atomic E-state index is 12.9. The van der Waals surface area contributed by atoms with Crippen LogP contribution in [0.1, 0.15) is 71.5 Å². The van der Waals surface area contributed by atoms with Gasteiger partial charge in [-0.15, -0.1) is 0 Å². The standard InChI is InChI=1S/C35H36IN8O13P/c1-20(40-41-34(50)24-11-10-23(17-25(24)44(52)53)37-29(46)5-3-2-4-15-42-30(47)12-13-31(42)48)21-6-8-22(9-7-21)33(49)38-28-14-16-43(35(51)39-28)32-18-26(45)27(57-32)19-56-58(36,54)55/h6-14,16-17,26-27,32,45H,2-5,15,18-19H2,1H3,(H,37,46)(H,41,50)(H,54,55)(H,38,39,49,51)/b40-20+/t26-,27-,32-/m1/s1. The van der Waals surface area contributed by atoms with Gasteiger partial charge in [-0.05, 0) is 55.7 Å². The Labute approximate surface area is 341 Å². The number of hydrogen-bond acceptors (Lipinski definition) is 14. The summed E-state index contributed by atoms with van der Waals surface area (Å²) in [6.45, 7) is 1.43. The van der Waals surface area contributed by atoms with Crippen molar-refractivity contribution in [2.45, 2.75) is 57.5 Å². The number of imide groups is 1. The molecular formula is C35H36IN8O13P. The lowest BCUT2D eigenvalue weighted by Crippen LogP contribution is -2.30. The number of nitro groups is 1. The van der Waals surface area contributed by atoms with E-state index < -0.39 is 57.7 Å². The van der Waals surface area contributed by atoms with Gasteiger partial charge in [-0.3, -0.25) is 48.1 Å². The molecule has 5 N–H and O–H groups in total. The summed E-state index contributed by atoms with van der Waals surface area (Å²) >= 11 is 1.23. The van der Waals surface area contributed by atoms with Crippen molar-refractivity contribution < 1.29 is 52.7 Å². The maximum Gasteiger partial charge on any atom is 0.386 e. The first-order chi connectivity index (χ1) is 27.5. The van der Waals surface area contributed by atoms with E-state index in [1.165, 1.54) is 82.9 Å². The number of unbranched alkanes of at least 4 members (excludes halogenated alkanes) is 2. The summed E-state index contributed by atoms with van der Waals surface area (Å²) in [4.78, 5) is 99.5. The fraction of sp³-hybridized carbons (Fsp3) is 0.314. The number of carbonyl (C=O) groups is 5. The van der Waals surface area contributed by atoms with Gasteiger partial charge in [0.15, 0.2) is 0 Å². The second-order valence-corrected chi connectivity index (χ2v) is 17.7. The van der Waals surface area contributed by atoms with Gasteiger partial charge >= 0.3 is 10.9 Å². The highest BCUT2D eigenvalue weighted by atomic mass is 127. The highest BCUT2D eigenvalue weighted by molar-refractivity contribution is 14.2. The van der Waals surface area contributed by atoms with Crippen LogP contribution in [0.25, 0.3) is 0 Å². The molecule has 2 aromatic carbocycles. The Morgan fingerprint density at radius 3 is 2.38 bits per heavy atom. The summed E-state index contributed by atoms with van der Waals surface area (Å²) in [6.07, 6.45) is 2.36. The van der Waals surface area contributed by atoms with Crippen LogP contribution in [0.4, 0.5) is 17.2 Å². The van der Waals surface area contributed by atoms with E-state index in [0.717, 1.165) is 15.5 Å².